The summed E-state index contributed by atoms with van der Waals surface area (Å²) in [5.41, 5.74) is 0. The van der Waals surface area contributed by atoms with Crippen LogP contribution in [-0.2, 0) is 0 Å². The minimum absolute atomic E-state index is 0.205. The molecule has 1 aromatic rings. The number of nitrogens with one attached hydrogen (secondary N) is 1. The van der Waals surface area contributed by atoms with Gasteiger partial charge in [-0.1, -0.05) is 0 Å². The predicted molar refractivity (Wildman–Crippen MR) is 46.1 cm³/mol. The molecule has 14 heavy (non-hydrogen) atoms. The number of rotatable bonds is 2. The van der Waals surface area contributed by atoms with Gasteiger partial charge in [-0.15, -0.1) is 10.2 Å². The molecule has 1 aliphatic heterocycles. The number of aromatic nitrogens is 2. The first kappa shape index (κ1) is 9.14. The highest BCUT2D eigenvalue weighted by molar-refractivity contribution is 5.81. The molecule has 1 aliphatic rings. The highest BCUT2D eigenvalue weighted by Crippen LogP contribution is 2.23. The van der Waals surface area contributed by atoms with Gasteiger partial charge in [-0.25, -0.2) is 4.79 Å². The second kappa shape index (κ2) is 3.75. The zero-order chi connectivity index (χ0) is 9.97. The monoisotopic (exact) mass is 197 g/mol. The number of hydrogen-bond donors (Lipinski definition) is 2. The maximum Gasteiger partial charge on any atom is 0.393 e. The van der Waals surface area contributed by atoms with Gasteiger partial charge in [0.1, 0.15) is 0 Å². The average Bonchev–Trinajstić information content (AvgIpc) is 2.68. The topological polar surface area (TPSA) is 88.2 Å². The van der Waals surface area contributed by atoms with E-state index in [2.05, 4.69) is 15.5 Å². The van der Waals surface area contributed by atoms with Gasteiger partial charge in [-0.3, -0.25) is 0 Å². The van der Waals surface area contributed by atoms with E-state index in [-0.39, 0.29) is 11.8 Å². The van der Waals surface area contributed by atoms with Gasteiger partial charge in [-0.2, -0.15) is 0 Å². The lowest BCUT2D eigenvalue weighted by Crippen LogP contribution is -2.26. The first-order valence-corrected chi connectivity index (χ1v) is 4.55. The third kappa shape index (κ3) is 1.74. The fourth-order valence-corrected chi connectivity index (χ4v) is 1.55. The predicted octanol–water partition coefficient (Wildman–Crippen LogP) is 0.235. The molecule has 2 rings (SSSR count). The summed E-state index contributed by atoms with van der Waals surface area (Å²) in [5, 5.41) is 19.0. The van der Waals surface area contributed by atoms with Gasteiger partial charge < -0.3 is 14.8 Å². The number of carboxylic acids is 1. The lowest BCUT2D eigenvalue weighted by molar-refractivity contribution is 0.0650. The molecule has 0 atom stereocenters. The molecule has 0 radical (unpaired) electrons. The van der Waals surface area contributed by atoms with Crippen LogP contribution >= 0.6 is 0 Å². The molecular formula is C8H11N3O3. The molecule has 0 aliphatic carbocycles. The summed E-state index contributed by atoms with van der Waals surface area (Å²) >= 11 is 0. The van der Waals surface area contributed by atoms with E-state index in [1.165, 1.54) is 0 Å². The molecule has 0 saturated carbocycles. The molecule has 1 aromatic heterocycles. The van der Waals surface area contributed by atoms with E-state index in [0.29, 0.717) is 5.89 Å². The smallest absolute Gasteiger partial charge is 0.393 e. The zero-order valence-corrected chi connectivity index (χ0v) is 7.56. The Kier molecular flexibility index (Phi) is 2.45. The van der Waals surface area contributed by atoms with Crippen molar-refractivity contribution in [2.75, 3.05) is 13.1 Å². The lowest BCUT2D eigenvalue weighted by atomic mass is 9.98. The molecular weight excluding hydrogens is 186 g/mol. The number of carboxylic acid groups (broad SMARTS) is 1. The summed E-state index contributed by atoms with van der Waals surface area (Å²) in [4.78, 5) is 10.5. The fourth-order valence-electron chi connectivity index (χ4n) is 1.55. The highest BCUT2D eigenvalue weighted by Gasteiger charge is 2.22. The van der Waals surface area contributed by atoms with E-state index in [1.54, 1.807) is 0 Å². The van der Waals surface area contributed by atoms with E-state index >= 15 is 0 Å². The Bertz CT molecular complexity index is 330. The number of hydrogen-bond acceptors (Lipinski definition) is 5. The summed E-state index contributed by atoms with van der Waals surface area (Å²) in [6.45, 7) is 1.82. The zero-order valence-electron chi connectivity index (χ0n) is 7.56. The van der Waals surface area contributed by atoms with Gasteiger partial charge in [-0.05, 0) is 25.9 Å². The Morgan fingerprint density at radius 1 is 1.43 bits per heavy atom. The molecule has 0 aromatic carbocycles. The number of aromatic carboxylic acids is 1. The largest absolute Gasteiger partial charge is 0.474 e. The number of carbonyl (C=O) groups is 1. The van der Waals surface area contributed by atoms with Crippen LogP contribution in [0, 0.1) is 0 Å². The van der Waals surface area contributed by atoms with Gasteiger partial charge in [0.15, 0.2) is 0 Å². The van der Waals surface area contributed by atoms with E-state index < -0.39 is 5.97 Å². The quantitative estimate of drug-likeness (QED) is 0.705. The van der Waals surface area contributed by atoms with Crippen molar-refractivity contribution in [3.05, 3.63) is 11.8 Å². The SMILES string of the molecule is O=C(O)c1nnc(C2CCNCC2)o1. The molecule has 0 amide bonds. The molecule has 2 heterocycles. The molecule has 0 bridgehead atoms. The van der Waals surface area contributed by atoms with E-state index in [1.807, 2.05) is 0 Å². The molecule has 0 unspecified atom stereocenters. The van der Waals surface area contributed by atoms with Crippen LogP contribution in [0.25, 0.3) is 0 Å². The van der Waals surface area contributed by atoms with Gasteiger partial charge in [0.2, 0.25) is 5.89 Å². The standard InChI is InChI=1S/C8H11N3O3/c12-8(13)7-11-10-6(14-7)5-1-3-9-4-2-5/h5,9H,1-4H2,(H,12,13). The maximum absolute atomic E-state index is 10.5. The summed E-state index contributed by atoms with van der Waals surface area (Å²) in [6.07, 6.45) is 1.84. The molecule has 1 fully saturated rings. The van der Waals surface area contributed by atoms with Crippen molar-refractivity contribution >= 4 is 5.97 Å². The van der Waals surface area contributed by atoms with Gasteiger partial charge in [0.25, 0.3) is 0 Å². The second-order valence-corrected chi connectivity index (χ2v) is 3.27. The van der Waals surface area contributed by atoms with Gasteiger partial charge in [0, 0.05) is 5.92 Å². The maximum atomic E-state index is 10.5. The van der Waals surface area contributed by atoms with Crippen molar-refractivity contribution in [3.63, 3.8) is 0 Å². The molecule has 1 saturated heterocycles. The van der Waals surface area contributed by atoms with Crippen LogP contribution in [0.3, 0.4) is 0 Å². The summed E-state index contributed by atoms with van der Waals surface area (Å²) in [5.74, 6) is -0.836. The van der Waals surface area contributed by atoms with Crippen molar-refractivity contribution in [2.45, 2.75) is 18.8 Å². The minimum atomic E-state index is -1.17. The van der Waals surface area contributed by atoms with Crippen molar-refractivity contribution < 1.29 is 14.3 Å². The Hall–Kier alpha value is -1.43. The highest BCUT2D eigenvalue weighted by atomic mass is 16.4. The summed E-state index contributed by atoms with van der Waals surface area (Å²) in [6, 6.07) is 0. The van der Waals surface area contributed by atoms with E-state index in [0.717, 1.165) is 25.9 Å². The molecule has 0 spiro atoms. The summed E-state index contributed by atoms with van der Waals surface area (Å²) in [7, 11) is 0. The Morgan fingerprint density at radius 3 is 2.71 bits per heavy atom. The van der Waals surface area contributed by atoms with Crippen molar-refractivity contribution in [1.82, 2.24) is 15.5 Å². The number of nitrogens with zero attached hydrogens (tertiary/aromatic N) is 2. The van der Waals surface area contributed by atoms with Crippen LogP contribution in [0.2, 0.25) is 0 Å². The number of piperidine rings is 1. The Morgan fingerprint density at radius 2 is 2.14 bits per heavy atom. The van der Waals surface area contributed by atoms with E-state index in [9.17, 15) is 4.79 Å². The Balaban J connectivity index is 2.11. The normalized spacial score (nSPS) is 18.3. The van der Waals surface area contributed by atoms with Gasteiger partial charge in [0.05, 0.1) is 0 Å². The van der Waals surface area contributed by atoms with E-state index in [4.69, 9.17) is 9.52 Å². The molecule has 76 valence electrons. The Labute approximate surface area is 80.3 Å². The van der Waals surface area contributed by atoms with Crippen LogP contribution in [0.4, 0.5) is 0 Å². The van der Waals surface area contributed by atoms with Crippen LogP contribution in [0.15, 0.2) is 4.42 Å². The minimum Gasteiger partial charge on any atom is -0.474 e. The molecule has 2 N–H and O–H groups in total. The fraction of sp³-hybridized carbons (Fsp3) is 0.625. The van der Waals surface area contributed by atoms with Crippen molar-refractivity contribution in [2.24, 2.45) is 0 Å². The third-order valence-electron chi connectivity index (χ3n) is 2.31. The van der Waals surface area contributed by atoms with Crippen LogP contribution < -0.4 is 5.32 Å². The third-order valence-corrected chi connectivity index (χ3v) is 2.31. The second-order valence-electron chi connectivity index (χ2n) is 3.27. The first-order valence-electron chi connectivity index (χ1n) is 4.55. The lowest BCUT2D eigenvalue weighted by Gasteiger charge is -2.18. The summed E-state index contributed by atoms with van der Waals surface area (Å²) < 4.78 is 5.04. The molecule has 6 nitrogen and oxygen atoms in total. The van der Waals surface area contributed by atoms with Crippen LogP contribution in [0.1, 0.15) is 35.3 Å². The van der Waals surface area contributed by atoms with Crippen LogP contribution in [0.5, 0.6) is 0 Å². The van der Waals surface area contributed by atoms with Gasteiger partial charge >= 0.3 is 11.9 Å². The van der Waals surface area contributed by atoms with Crippen molar-refractivity contribution in [3.8, 4) is 0 Å². The van der Waals surface area contributed by atoms with Crippen LogP contribution in [-0.4, -0.2) is 34.4 Å². The first-order chi connectivity index (χ1) is 6.77. The average molecular weight is 197 g/mol. The van der Waals surface area contributed by atoms with Crippen molar-refractivity contribution in [1.29, 1.82) is 0 Å². The molecule has 6 heteroatoms.